The average molecular weight is 387 g/mol. The van der Waals surface area contributed by atoms with Gasteiger partial charge in [0, 0.05) is 18.2 Å². The molecule has 28 heavy (non-hydrogen) atoms. The summed E-state index contributed by atoms with van der Waals surface area (Å²) < 4.78 is 20.7. The van der Waals surface area contributed by atoms with Crippen LogP contribution in [0.2, 0.25) is 0 Å². The first-order valence-corrected chi connectivity index (χ1v) is 8.81. The number of carbonyl (C=O) groups is 2. The van der Waals surface area contributed by atoms with Crippen LogP contribution < -0.4 is 19.5 Å². The van der Waals surface area contributed by atoms with Crippen LogP contribution in [0.1, 0.15) is 18.9 Å². The lowest BCUT2D eigenvalue weighted by Gasteiger charge is -2.14. The van der Waals surface area contributed by atoms with E-state index >= 15 is 0 Å². The molecule has 0 aliphatic heterocycles. The third-order valence-electron chi connectivity index (χ3n) is 4.06. The second-order valence-corrected chi connectivity index (χ2v) is 6.07. The molecule has 1 atom stereocenters. The van der Waals surface area contributed by atoms with Crippen LogP contribution in [0, 0.1) is 0 Å². The maximum atomic E-state index is 12.2. The molecule has 0 spiro atoms. The monoisotopic (exact) mass is 387 g/mol. The summed E-state index contributed by atoms with van der Waals surface area (Å²) in [5.74, 6) is 1.12. The molecular formula is C21H25NO6. The molecule has 0 aliphatic rings. The van der Waals surface area contributed by atoms with Gasteiger partial charge in [0.05, 0.1) is 21.3 Å². The Morgan fingerprint density at radius 3 is 2.00 bits per heavy atom. The van der Waals surface area contributed by atoms with E-state index in [1.807, 2.05) is 12.1 Å². The molecule has 0 bridgehead atoms. The Morgan fingerprint density at radius 1 is 0.893 bits per heavy atom. The van der Waals surface area contributed by atoms with Gasteiger partial charge in [-0.05, 0) is 55.3 Å². The molecule has 7 heteroatoms. The summed E-state index contributed by atoms with van der Waals surface area (Å²) >= 11 is 0. The van der Waals surface area contributed by atoms with Crippen molar-refractivity contribution < 1.29 is 28.5 Å². The highest BCUT2D eigenvalue weighted by Crippen LogP contribution is 2.23. The van der Waals surface area contributed by atoms with E-state index in [-0.39, 0.29) is 6.42 Å². The number of ether oxygens (including phenoxy) is 4. The van der Waals surface area contributed by atoms with E-state index in [2.05, 4.69) is 5.32 Å². The summed E-state index contributed by atoms with van der Waals surface area (Å²) in [6.45, 7) is 1.53. The van der Waals surface area contributed by atoms with Gasteiger partial charge in [-0.25, -0.2) is 0 Å². The van der Waals surface area contributed by atoms with E-state index in [1.165, 1.54) is 6.92 Å². The van der Waals surface area contributed by atoms with Crippen LogP contribution in [0.5, 0.6) is 17.2 Å². The number of aryl methyl sites for hydroxylation is 1. The standard InChI is InChI=1S/C21H25NO6/c1-14(21(24)22-16-6-8-17(25-2)9-7-16)28-20(23)10-5-15-11-18(26-3)13-19(12-15)27-4/h6-9,11-14H,5,10H2,1-4H3,(H,22,24)/t14-/m0/s1. The molecule has 0 saturated heterocycles. The fourth-order valence-corrected chi connectivity index (χ4v) is 2.48. The van der Waals surface area contributed by atoms with Crippen LogP contribution in [-0.4, -0.2) is 39.3 Å². The lowest BCUT2D eigenvalue weighted by Crippen LogP contribution is -2.30. The van der Waals surface area contributed by atoms with Crippen molar-refractivity contribution in [2.45, 2.75) is 25.9 Å². The number of methoxy groups -OCH3 is 3. The van der Waals surface area contributed by atoms with E-state index in [9.17, 15) is 9.59 Å². The van der Waals surface area contributed by atoms with Crippen LogP contribution >= 0.6 is 0 Å². The molecule has 2 rings (SSSR count). The topological polar surface area (TPSA) is 83.1 Å². The minimum atomic E-state index is -0.908. The number of amides is 1. The number of esters is 1. The first kappa shape index (κ1) is 21.1. The van der Waals surface area contributed by atoms with Crippen molar-refractivity contribution in [2.75, 3.05) is 26.6 Å². The van der Waals surface area contributed by atoms with Crippen LogP contribution in [0.3, 0.4) is 0 Å². The van der Waals surface area contributed by atoms with Crippen molar-refractivity contribution in [2.24, 2.45) is 0 Å². The average Bonchev–Trinajstić information content (AvgIpc) is 2.72. The number of carbonyl (C=O) groups excluding carboxylic acids is 2. The fraction of sp³-hybridized carbons (Fsp3) is 0.333. The Kier molecular flexibility index (Phi) is 7.68. The van der Waals surface area contributed by atoms with Crippen molar-refractivity contribution in [1.82, 2.24) is 0 Å². The van der Waals surface area contributed by atoms with Crippen molar-refractivity contribution in [3.63, 3.8) is 0 Å². The van der Waals surface area contributed by atoms with Gasteiger partial charge in [0.1, 0.15) is 17.2 Å². The molecule has 2 aromatic carbocycles. The van der Waals surface area contributed by atoms with Gasteiger partial charge in [0.25, 0.3) is 5.91 Å². The predicted octanol–water partition coefficient (Wildman–Crippen LogP) is 3.22. The lowest BCUT2D eigenvalue weighted by molar-refractivity contribution is -0.153. The van der Waals surface area contributed by atoms with Crippen molar-refractivity contribution >= 4 is 17.6 Å². The van der Waals surface area contributed by atoms with Crippen molar-refractivity contribution in [3.05, 3.63) is 48.0 Å². The van der Waals surface area contributed by atoms with Gasteiger partial charge in [-0.15, -0.1) is 0 Å². The summed E-state index contributed by atoms with van der Waals surface area (Å²) in [6.07, 6.45) is -0.329. The molecule has 0 fully saturated rings. The predicted molar refractivity (Wildman–Crippen MR) is 105 cm³/mol. The molecule has 0 heterocycles. The highest BCUT2D eigenvalue weighted by Gasteiger charge is 2.18. The number of anilines is 1. The zero-order valence-electron chi connectivity index (χ0n) is 16.5. The van der Waals surface area contributed by atoms with Gasteiger partial charge < -0.3 is 24.3 Å². The molecule has 150 valence electrons. The van der Waals surface area contributed by atoms with Gasteiger partial charge in [0.2, 0.25) is 0 Å². The maximum Gasteiger partial charge on any atom is 0.306 e. The van der Waals surface area contributed by atoms with Crippen LogP contribution in [0.25, 0.3) is 0 Å². The zero-order valence-corrected chi connectivity index (χ0v) is 16.5. The summed E-state index contributed by atoms with van der Waals surface area (Å²) in [7, 11) is 4.70. The second kappa shape index (κ2) is 10.2. The quantitative estimate of drug-likeness (QED) is 0.665. The second-order valence-electron chi connectivity index (χ2n) is 6.07. The minimum absolute atomic E-state index is 0.135. The number of hydrogen-bond donors (Lipinski definition) is 1. The zero-order chi connectivity index (χ0) is 20.5. The Labute approximate surface area is 164 Å². The number of hydrogen-bond acceptors (Lipinski definition) is 6. The molecule has 7 nitrogen and oxygen atoms in total. The van der Waals surface area contributed by atoms with E-state index < -0.39 is 18.0 Å². The maximum absolute atomic E-state index is 12.2. The molecule has 1 N–H and O–H groups in total. The molecule has 0 saturated carbocycles. The molecule has 0 unspecified atom stereocenters. The summed E-state index contributed by atoms with van der Waals surface area (Å²) in [6, 6.07) is 12.3. The van der Waals surface area contributed by atoms with Crippen molar-refractivity contribution in [3.8, 4) is 17.2 Å². The minimum Gasteiger partial charge on any atom is -0.497 e. The lowest BCUT2D eigenvalue weighted by atomic mass is 10.1. The Morgan fingerprint density at radius 2 is 1.46 bits per heavy atom. The third-order valence-corrected chi connectivity index (χ3v) is 4.06. The van der Waals surface area contributed by atoms with Gasteiger partial charge in [-0.3, -0.25) is 9.59 Å². The molecule has 0 aliphatic carbocycles. The Bertz CT molecular complexity index is 781. The first-order chi connectivity index (χ1) is 13.4. The smallest absolute Gasteiger partial charge is 0.306 e. The Hall–Kier alpha value is -3.22. The molecule has 1 amide bonds. The summed E-state index contributed by atoms with van der Waals surface area (Å²) in [4.78, 5) is 24.3. The molecular weight excluding hydrogens is 362 g/mol. The van der Waals surface area contributed by atoms with Crippen LogP contribution in [0.4, 0.5) is 5.69 Å². The van der Waals surface area contributed by atoms with Crippen molar-refractivity contribution in [1.29, 1.82) is 0 Å². The SMILES string of the molecule is COc1ccc(NC(=O)[C@H](C)OC(=O)CCc2cc(OC)cc(OC)c2)cc1. The van der Waals surface area contributed by atoms with E-state index in [4.69, 9.17) is 18.9 Å². The third kappa shape index (κ3) is 6.19. The molecule has 0 radical (unpaired) electrons. The van der Waals surface area contributed by atoms with Crippen LogP contribution in [-0.2, 0) is 20.7 Å². The number of nitrogens with one attached hydrogen (secondary N) is 1. The normalized spacial score (nSPS) is 11.3. The van der Waals surface area contributed by atoms with Gasteiger partial charge in [-0.2, -0.15) is 0 Å². The number of rotatable bonds is 9. The summed E-state index contributed by atoms with van der Waals surface area (Å²) in [5.41, 5.74) is 1.47. The van der Waals surface area contributed by atoms with Gasteiger partial charge in [0.15, 0.2) is 6.10 Å². The van der Waals surface area contributed by atoms with E-state index in [1.54, 1.807) is 51.7 Å². The first-order valence-electron chi connectivity index (χ1n) is 8.81. The highest BCUT2D eigenvalue weighted by atomic mass is 16.5. The van der Waals surface area contributed by atoms with Gasteiger partial charge in [-0.1, -0.05) is 0 Å². The summed E-state index contributed by atoms with van der Waals surface area (Å²) in [5, 5.41) is 2.70. The number of benzene rings is 2. The highest BCUT2D eigenvalue weighted by molar-refractivity contribution is 5.95. The Balaban J connectivity index is 1.85. The fourth-order valence-electron chi connectivity index (χ4n) is 2.48. The largest absolute Gasteiger partial charge is 0.497 e. The van der Waals surface area contributed by atoms with E-state index in [0.717, 1.165) is 5.56 Å². The van der Waals surface area contributed by atoms with E-state index in [0.29, 0.717) is 29.4 Å². The molecule has 2 aromatic rings. The van der Waals surface area contributed by atoms with Gasteiger partial charge >= 0.3 is 5.97 Å². The molecule has 0 aromatic heterocycles. The van der Waals surface area contributed by atoms with Crippen LogP contribution in [0.15, 0.2) is 42.5 Å².